The van der Waals surface area contributed by atoms with Crippen LogP contribution in [0.4, 0.5) is 13.2 Å². The maximum absolute atomic E-state index is 13.3. The van der Waals surface area contributed by atoms with Crippen LogP contribution in [-0.4, -0.2) is 29.4 Å². The Labute approximate surface area is 194 Å². The fourth-order valence-corrected chi connectivity index (χ4v) is 3.32. The lowest BCUT2D eigenvalue weighted by Crippen LogP contribution is -2.37. The van der Waals surface area contributed by atoms with Gasteiger partial charge in [-0.1, -0.05) is 18.5 Å². The first-order valence-electron chi connectivity index (χ1n) is 9.97. The summed E-state index contributed by atoms with van der Waals surface area (Å²) in [5.74, 6) is -2.79. The van der Waals surface area contributed by atoms with Crippen molar-refractivity contribution in [2.75, 3.05) is 7.11 Å². The predicted octanol–water partition coefficient (Wildman–Crippen LogP) is 5.52. The van der Waals surface area contributed by atoms with Gasteiger partial charge in [-0.25, -0.2) is 4.79 Å². The lowest BCUT2D eigenvalue weighted by Gasteiger charge is -2.28. The van der Waals surface area contributed by atoms with Crippen LogP contribution in [0.3, 0.4) is 0 Å². The predicted molar refractivity (Wildman–Crippen MR) is 117 cm³/mol. The summed E-state index contributed by atoms with van der Waals surface area (Å²) in [6.07, 6.45) is -4.13. The number of pyridine rings is 1. The summed E-state index contributed by atoms with van der Waals surface area (Å²) in [6.45, 7) is 5.65. The number of alkyl halides is 3. The molecule has 0 fully saturated rings. The second kappa shape index (κ2) is 9.87. The van der Waals surface area contributed by atoms with E-state index < -0.39 is 41.7 Å². The number of hydrogen-bond donors (Lipinski definition) is 0. The molecule has 0 N–H and O–H groups in total. The van der Waals surface area contributed by atoms with Crippen LogP contribution in [0, 0.1) is 17.2 Å². The molecule has 0 bridgehead atoms. The van der Waals surface area contributed by atoms with Crippen LogP contribution in [0.2, 0.25) is 5.02 Å². The third-order valence-electron chi connectivity index (χ3n) is 4.81. The first-order chi connectivity index (χ1) is 15.2. The van der Waals surface area contributed by atoms with Gasteiger partial charge in [0.1, 0.15) is 17.4 Å². The summed E-state index contributed by atoms with van der Waals surface area (Å²) < 4.78 is 51.3. The third-order valence-corrected chi connectivity index (χ3v) is 5.04. The molecule has 2 aromatic rings. The van der Waals surface area contributed by atoms with Crippen LogP contribution in [0.25, 0.3) is 11.1 Å². The van der Waals surface area contributed by atoms with Gasteiger partial charge >= 0.3 is 12.1 Å². The van der Waals surface area contributed by atoms with Gasteiger partial charge in [0.25, 0.3) is 5.56 Å². The van der Waals surface area contributed by atoms with Crippen molar-refractivity contribution in [3.05, 3.63) is 51.4 Å². The van der Waals surface area contributed by atoms with E-state index in [4.69, 9.17) is 21.1 Å². The zero-order valence-corrected chi connectivity index (χ0v) is 19.5. The van der Waals surface area contributed by atoms with E-state index in [-0.39, 0.29) is 16.9 Å². The second-order valence-electron chi connectivity index (χ2n) is 8.53. The molecule has 0 saturated carbocycles. The van der Waals surface area contributed by atoms with Crippen molar-refractivity contribution in [3.63, 3.8) is 0 Å². The molecule has 0 aliphatic rings. The molecule has 33 heavy (non-hydrogen) atoms. The minimum Gasteiger partial charge on any atom is -0.495 e. The van der Waals surface area contributed by atoms with Crippen molar-refractivity contribution in [2.24, 2.45) is 5.92 Å². The number of aromatic nitrogens is 1. The maximum Gasteiger partial charge on any atom is 0.391 e. The molecular formula is C23H24ClF3N2O4. The zero-order valence-electron chi connectivity index (χ0n) is 18.8. The molecule has 1 aromatic carbocycles. The van der Waals surface area contributed by atoms with Crippen LogP contribution in [-0.2, 0) is 9.53 Å². The molecule has 0 radical (unpaired) electrons. The highest BCUT2D eigenvalue weighted by molar-refractivity contribution is 6.31. The van der Waals surface area contributed by atoms with E-state index in [9.17, 15) is 28.0 Å². The summed E-state index contributed by atoms with van der Waals surface area (Å²) in [4.78, 5) is 25.8. The summed E-state index contributed by atoms with van der Waals surface area (Å²) in [5, 5.41) is 9.72. The molecule has 2 unspecified atom stereocenters. The number of benzene rings is 1. The Balaban J connectivity index is 2.68. The van der Waals surface area contributed by atoms with Crippen molar-refractivity contribution in [3.8, 4) is 22.9 Å². The van der Waals surface area contributed by atoms with Crippen molar-refractivity contribution in [1.82, 2.24) is 4.57 Å². The zero-order chi connectivity index (χ0) is 25.1. The number of rotatable bonds is 6. The van der Waals surface area contributed by atoms with Crippen molar-refractivity contribution in [2.45, 2.75) is 51.9 Å². The molecule has 0 aliphatic heterocycles. The summed E-state index contributed by atoms with van der Waals surface area (Å²) in [6, 6.07) is 5.99. The lowest BCUT2D eigenvalue weighted by atomic mass is 9.98. The van der Waals surface area contributed by atoms with Gasteiger partial charge in [-0.05, 0) is 45.4 Å². The quantitative estimate of drug-likeness (QED) is 0.504. The number of carbonyl (C=O) groups is 1. The van der Waals surface area contributed by atoms with Crippen LogP contribution < -0.4 is 10.3 Å². The Morgan fingerprint density at radius 1 is 1.21 bits per heavy atom. The van der Waals surface area contributed by atoms with Crippen LogP contribution in [0.5, 0.6) is 5.75 Å². The van der Waals surface area contributed by atoms with Gasteiger partial charge in [-0.15, -0.1) is 0 Å². The number of halogens is 4. The second-order valence-corrected chi connectivity index (χ2v) is 8.97. The maximum atomic E-state index is 13.3. The molecule has 6 nitrogen and oxygen atoms in total. The standard InChI is InChI=1S/C23H24ClF3N2O4/c1-13(23(25,26)27)8-18(21(31)33-22(2,3)4)29-12-19(32-5)17(10-20(29)30)16-9-15(24)7-6-14(16)11-28/h6-7,9-10,12-13,18H,8H2,1-5H3. The van der Waals surface area contributed by atoms with Gasteiger partial charge in [-0.3, -0.25) is 9.36 Å². The van der Waals surface area contributed by atoms with Gasteiger partial charge in [0.05, 0.1) is 30.9 Å². The van der Waals surface area contributed by atoms with Gasteiger partial charge in [0.15, 0.2) is 0 Å². The molecular weight excluding hydrogens is 461 g/mol. The monoisotopic (exact) mass is 484 g/mol. The van der Waals surface area contributed by atoms with E-state index in [0.717, 1.165) is 23.8 Å². The molecule has 2 rings (SSSR count). The van der Waals surface area contributed by atoms with Crippen LogP contribution in [0.15, 0.2) is 35.3 Å². The highest BCUT2D eigenvalue weighted by atomic mass is 35.5. The average Bonchev–Trinajstić information content (AvgIpc) is 2.69. The fraction of sp³-hybridized carbons (Fsp3) is 0.435. The van der Waals surface area contributed by atoms with Crippen LogP contribution >= 0.6 is 11.6 Å². The molecule has 0 aliphatic carbocycles. The molecule has 1 heterocycles. The minimum absolute atomic E-state index is 0.0709. The van der Waals surface area contributed by atoms with Crippen molar-refractivity contribution < 1.29 is 27.4 Å². The number of ether oxygens (including phenoxy) is 2. The van der Waals surface area contributed by atoms with Gasteiger partial charge < -0.3 is 9.47 Å². The van der Waals surface area contributed by atoms with E-state index >= 15 is 0 Å². The molecule has 0 saturated heterocycles. The average molecular weight is 485 g/mol. The SMILES string of the molecule is COc1cn(C(CC(C)C(F)(F)F)C(=O)OC(C)(C)C)c(=O)cc1-c1cc(Cl)ccc1C#N. The summed E-state index contributed by atoms with van der Waals surface area (Å²) >= 11 is 6.04. The van der Waals surface area contributed by atoms with Crippen molar-refractivity contribution >= 4 is 17.6 Å². The normalized spacial score (nSPS) is 13.7. The smallest absolute Gasteiger partial charge is 0.391 e. The number of nitrogens with zero attached hydrogens (tertiary/aromatic N) is 2. The number of nitriles is 1. The van der Waals surface area contributed by atoms with E-state index in [0.29, 0.717) is 10.6 Å². The van der Waals surface area contributed by atoms with Crippen molar-refractivity contribution in [1.29, 1.82) is 5.26 Å². The van der Waals surface area contributed by atoms with E-state index in [1.165, 1.54) is 25.3 Å². The molecule has 1 aromatic heterocycles. The topological polar surface area (TPSA) is 81.3 Å². The first-order valence-corrected chi connectivity index (χ1v) is 10.4. The Hall–Kier alpha value is -2.99. The number of hydrogen-bond acceptors (Lipinski definition) is 5. The Kier molecular flexibility index (Phi) is 7.86. The highest BCUT2D eigenvalue weighted by Crippen LogP contribution is 2.36. The largest absolute Gasteiger partial charge is 0.495 e. The number of methoxy groups -OCH3 is 1. The van der Waals surface area contributed by atoms with Crippen LogP contribution in [0.1, 0.15) is 45.7 Å². The Morgan fingerprint density at radius 2 is 1.85 bits per heavy atom. The Bertz CT molecular complexity index is 1130. The molecule has 0 amide bonds. The Morgan fingerprint density at radius 3 is 2.36 bits per heavy atom. The first kappa shape index (κ1) is 26.3. The fourth-order valence-electron chi connectivity index (χ4n) is 3.14. The van der Waals surface area contributed by atoms with Gasteiger partial charge in [0.2, 0.25) is 0 Å². The van der Waals surface area contributed by atoms with E-state index in [1.807, 2.05) is 6.07 Å². The molecule has 10 heteroatoms. The van der Waals surface area contributed by atoms with E-state index in [2.05, 4.69) is 0 Å². The lowest BCUT2D eigenvalue weighted by molar-refractivity contribution is -0.179. The minimum atomic E-state index is -4.57. The third kappa shape index (κ3) is 6.51. The highest BCUT2D eigenvalue weighted by Gasteiger charge is 2.40. The van der Waals surface area contributed by atoms with Gasteiger partial charge in [0, 0.05) is 22.2 Å². The molecule has 2 atom stereocenters. The summed E-state index contributed by atoms with van der Waals surface area (Å²) in [5.41, 5.74) is -1.01. The molecule has 0 spiro atoms. The summed E-state index contributed by atoms with van der Waals surface area (Å²) in [7, 11) is 1.30. The molecule has 178 valence electrons. The van der Waals surface area contributed by atoms with E-state index in [1.54, 1.807) is 20.8 Å². The number of esters is 1. The van der Waals surface area contributed by atoms with Gasteiger partial charge in [-0.2, -0.15) is 18.4 Å². The number of carbonyl (C=O) groups excluding carboxylic acids is 1.